The van der Waals surface area contributed by atoms with Crippen molar-refractivity contribution in [3.05, 3.63) is 29.8 Å². The molecule has 4 heteroatoms. The third-order valence-corrected chi connectivity index (χ3v) is 2.94. The maximum Gasteiger partial charge on any atom is 0.253 e. The first-order valence-electron chi connectivity index (χ1n) is 6.95. The molecule has 0 aliphatic carbocycles. The monoisotopic (exact) mass is 274 g/mol. The number of carbonyl (C=O) groups is 1. The number of carbonyl (C=O) groups excluding carboxylic acids is 1. The van der Waals surface area contributed by atoms with Crippen LogP contribution in [-0.4, -0.2) is 18.6 Å². The highest BCUT2D eigenvalue weighted by Gasteiger charge is 2.13. The number of amides is 1. The molecule has 0 heterocycles. The summed E-state index contributed by atoms with van der Waals surface area (Å²) in [5.74, 6) is 0.487. The van der Waals surface area contributed by atoms with Crippen molar-refractivity contribution >= 4 is 11.6 Å². The fourth-order valence-corrected chi connectivity index (χ4v) is 1.70. The minimum Gasteiger partial charge on any atom is -0.369 e. The number of nitriles is 1. The molecule has 20 heavy (non-hydrogen) atoms. The van der Waals surface area contributed by atoms with E-state index in [-0.39, 0.29) is 5.91 Å². The van der Waals surface area contributed by atoms with E-state index in [1.54, 1.807) is 31.2 Å². The summed E-state index contributed by atoms with van der Waals surface area (Å²) in [4.78, 5) is 11.9. The second-order valence-corrected chi connectivity index (χ2v) is 5.23. The Balaban J connectivity index is 2.35. The fraction of sp³-hybridized carbons (Fsp3) is 0.500. The second kappa shape index (κ2) is 8.34. The number of anilines is 1. The number of hydrogen-bond donors (Lipinski definition) is 1. The number of hydrogen-bond acceptors (Lipinski definition) is 3. The normalized spacial score (nSPS) is 11.9. The predicted molar refractivity (Wildman–Crippen MR) is 79.3 cm³/mol. The van der Waals surface area contributed by atoms with Gasteiger partial charge in [0.15, 0.2) is 0 Å². The van der Waals surface area contributed by atoms with Gasteiger partial charge in [-0.2, -0.15) is 5.26 Å². The van der Waals surface area contributed by atoms with Gasteiger partial charge in [0.25, 0.3) is 5.91 Å². The molecule has 1 aromatic carbocycles. The fourth-order valence-electron chi connectivity index (χ4n) is 1.70. The van der Waals surface area contributed by atoms with Gasteiger partial charge in [0.2, 0.25) is 0 Å². The minimum atomic E-state index is -0.474. The molecule has 0 fully saturated rings. The summed E-state index contributed by atoms with van der Waals surface area (Å²) in [6.45, 7) is 6.68. The van der Waals surface area contributed by atoms with Gasteiger partial charge < -0.3 is 10.1 Å². The number of nitrogens with zero attached hydrogens (tertiary/aromatic N) is 1. The molecule has 1 atom stereocenters. The topological polar surface area (TPSA) is 62.1 Å². The van der Waals surface area contributed by atoms with E-state index < -0.39 is 6.10 Å². The molecule has 108 valence electrons. The van der Waals surface area contributed by atoms with Crippen LogP contribution in [0.5, 0.6) is 0 Å². The van der Waals surface area contributed by atoms with Gasteiger partial charge in [0.05, 0.1) is 11.6 Å². The Kier molecular flexibility index (Phi) is 6.75. The lowest BCUT2D eigenvalue weighted by Crippen LogP contribution is -2.28. The first-order valence-corrected chi connectivity index (χ1v) is 6.95. The zero-order chi connectivity index (χ0) is 15.0. The summed E-state index contributed by atoms with van der Waals surface area (Å²) in [6, 6.07) is 8.80. The van der Waals surface area contributed by atoms with Crippen molar-refractivity contribution in [2.45, 2.75) is 39.7 Å². The van der Waals surface area contributed by atoms with E-state index in [2.05, 4.69) is 19.2 Å². The van der Waals surface area contributed by atoms with Crippen molar-refractivity contribution in [1.29, 1.82) is 5.26 Å². The molecule has 1 aromatic rings. The van der Waals surface area contributed by atoms with Gasteiger partial charge in [-0.1, -0.05) is 13.8 Å². The number of nitrogens with one attached hydrogen (secondary N) is 1. The summed E-state index contributed by atoms with van der Waals surface area (Å²) in [6.07, 6.45) is 1.59. The predicted octanol–water partition coefficient (Wildman–Crippen LogP) is 3.34. The van der Waals surface area contributed by atoms with Crippen LogP contribution in [0.15, 0.2) is 24.3 Å². The first kappa shape index (κ1) is 16.2. The van der Waals surface area contributed by atoms with E-state index in [4.69, 9.17) is 10.00 Å². The third-order valence-electron chi connectivity index (χ3n) is 2.94. The lowest BCUT2D eigenvalue weighted by atomic mass is 10.1. The van der Waals surface area contributed by atoms with Gasteiger partial charge in [-0.15, -0.1) is 0 Å². The molecule has 1 amide bonds. The largest absolute Gasteiger partial charge is 0.369 e. The van der Waals surface area contributed by atoms with Crippen LogP contribution >= 0.6 is 0 Å². The van der Waals surface area contributed by atoms with E-state index >= 15 is 0 Å². The molecule has 1 rings (SSSR count). The van der Waals surface area contributed by atoms with Crippen LogP contribution in [-0.2, 0) is 9.53 Å². The Morgan fingerprint density at radius 3 is 2.50 bits per heavy atom. The standard InChI is InChI=1S/C16H22N2O2/c1-12(2)5-4-10-20-13(3)16(19)18-15-8-6-14(11-17)7-9-15/h6-9,12-13H,4-5,10H2,1-3H3,(H,18,19). The highest BCUT2D eigenvalue weighted by molar-refractivity contribution is 5.93. The smallest absolute Gasteiger partial charge is 0.253 e. The lowest BCUT2D eigenvalue weighted by Gasteiger charge is -2.14. The van der Waals surface area contributed by atoms with E-state index in [1.807, 2.05) is 6.07 Å². The minimum absolute atomic E-state index is 0.167. The van der Waals surface area contributed by atoms with E-state index in [9.17, 15) is 4.79 Å². The molecule has 0 spiro atoms. The molecular weight excluding hydrogens is 252 g/mol. The number of ether oxygens (including phenoxy) is 1. The molecule has 1 N–H and O–H groups in total. The van der Waals surface area contributed by atoms with Gasteiger partial charge in [-0.25, -0.2) is 0 Å². The number of rotatable bonds is 7. The van der Waals surface area contributed by atoms with Crippen LogP contribution in [0.4, 0.5) is 5.69 Å². The number of benzene rings is 1. The third kappa shape index (κ3) is 5.85. The van der Waals surface area contributed by atoms with Crippen LogP contribution in [0.2, 0.25) is 0 Å². The maximum absolute atomic E-state index is 11.9. The zero-order valence-corrected chi connectivity index (χ0v) is 12.3. The van der Waals surface area contributed by atoms with Crippen LogP contribution in [0.25, 0.3) is 0 Å². The molecule has 0 radical (unpaired) electrons. The Bertz CT molecular complexity index is 460. The molecular formula is C16H22N2O2. The maximum atomic E-state index is 11.9. The Labute approximate surface area is 120 Å². The van der Waals surface area contributed by atoms with Gasteiger partial charge >= 0.3 is 0 Å². The molecule has 0 saturated heterocycles. The van der Waals surface area contributed by atoms with Crippen LogP contribution in [0.1, 0.15) is 39.2 Å². The van der Waals surface area contributed by atoms with Gasteiger partial charge in [-0.05, 0) is 49.9 Å². The average molecular weight is 274 g/mol. The summed E-state index contributed by atoms with van der Waals surface area (Å²) < 4.78 is 5.51. The van der Waals surface area contributed by atoms with Gasteiger partial charge in [0.1, 0.15) is 6.10 Å². The average Bonchev–Trinajstić information content (AvgIpc) is 2.44. The summed E-state index contributed by atoms with van der Waals surface area (Å²) in [5, 5.41) is 11.5. The molecule has 1 unspecified atom stereocenters. The molecule has 0 aromatic heterocycles. The van der Waals surface area contributed by atoms with Crippen molar-refractivity contribution in [2.24, 2.45) is 5.92 Å². The zero-order valence-electron chi connectivity index (χ0n) is 12.3. The Hall–Kier alpha value is -1.86. The molecule has 0 saturated carbocycles. The Morgan fingerprint density at radius 2 is 1.95 bits per heavy atom. The van der Waals surface area contributed by atoms with Crippen molar-refractivity contribution in [1.82, 2.24) is 0 Å². The second-order valence-electron chi connectivity index (χ2n) is 5.23. The summed E-state index contributed by atoms with van der Waals surface area (Å²) in [5.41, 5.74) is 1.24. The van der Waals surface area contributed by atoms with Crippen molar-refractivity contribution in [2.75, 3.05) is 11.9 Å². The summed E-state index contributed by atoms with van der Waals surface area (Å²) >= 11 is 0. The Morgan fingerprint density at radius 1 is 1.30 bits per heavy atom. The van der Waals surface area contributed by atoms with Crippen molar-refractivity contribution < 1.29 is 9.53 Å². The van der Waals surface area contributed by atoms with Crippen molar-refractivity contribution in [3.8, 4) is 6.07 Å². The quantitative estimate of drug-likeness (QED) is 0.776. The van der Waals surface area contributed by atoms with E-state index in [0.29, 0.717) is 23.8 Å². The molecule has 0 bridgehead atoms. The van der Waals surface area contributed by atoms with Gasteiger partial charge in [-0.3, -0.25) is 4.79 Å². The van der Waals surface area contributed by atoms with Gasteiger partial charge in [0, 0.05) is 12.3 Å². The highest BCUT2D eigenvalue weighted by atomic mass is 16.5. The first-order chi connectivity index (χ1) is 9.52. The molecule has 0 aliphatic rings. The molecule has 0 aliphatic heterocycles. The SMILES string of the molecule is CC(C)CCCOC(C)C(=O)Nc1ccc(C#N)cc1. The van der Waals surface area contributed by atoms with Crippen LogP contribution < -0.4 is 5.32 Å². The summed E-state index contributed by atoms with van der Waals surface area (Å²) in [7, 11) is 0. The van der Waals surface area contributed by atoms with E-state index in [1.165, 1.54) is 0 Å². The highest BCUT2D eigenvalue weighted by Crippen LogP contribution is 2.10. The van der Waals surface area contributed by atoms with Crippen molar-refractivity contribution in [3.63, 3.8) is 0 Å². The van der Waals surface area contributed by atoms with E-state index in [0.717, 1.165) is 12.8 Å². The lowest BCUT2D eigenvalue weighted by molar-refractivity contribution is -0.126. The van der Waals surface area contributed by atoms with Crippen LogP contribution in [0.3, 0.4) is 0 Å². The van der Waals surface area contributed by atoms with Crippen LogP contribution in [0, 0.1) is 17.2 Å². The molecule has 4 nitrogen and oxygen atoms in total.